The van der Waals surface area contributed by atoms with Gasteiger partial charge >= 0.3 is 0 Å². The molecule has 1 fully saturated rings. The summed E-state index contributed by atoms with van der Waals surface area (Å²) < 4.78 is 0. The summed E-state index contributed by atoms with van der Waals surface area (Å²) in [6.45, 7) is 5.88. The monoisotopic (exact) mass is 199 g/mol. The molecule has 0 aromatic carbocycles. The summed E-state index contributed by atoms with van der Waals surface area (Å²) in [7, 11) is 0. The Balaban J connectivity index is 2.62. The van der Waals surface area contributed by atoms with Gasteiger partial charge in [0.15, 0.2) is 0 Å². The molecule has 80 valence electrons. The maximum atomic E-state index is 11.6. The Morgan fingerprint density at radius 3 is 2.86 bits per heavy atom. The first kappa shape index (κ1) is 11.0. The van der Waals surface area contributed by atoms with Crippen LogP contribution in [0.2, 0.25) is 0 Å². The number of hydrogen-bond acceptors (Lipinski definition) is 3. The van der Waals surface area contributed by atoms with Crippen molar-refractivity contribution in [1.82, 2.24) is 15.5 Å². The molecule has 0 aromatic rings. The highest BCUT2D eigenvalue weighted by Gasteiger charge is 2.29. The van der Waals surface area contributed by atoms with E-state index in [0.29, 0.717) is 19.6 Å². The predicted molar refractivity (Wildman–Crippen MR) is 52.7 cm³/mol. The third kappa shape index (κ3) is 2.45. The van der Waals surface area contributed by atoms with Crippen molar-refractivity contribution in [3.63, 3.8) is 0 Å². The Kier molecular flexibility index (Phi) is 3.88. The van der Waals surface area contributed by atoms with Crippen molar-refractivity contribution >= 4 is 11.8 Å². The van der Waals surface area contributed by atoms with Gasteiger partial charge in [-0.2, -0.15) is 0 Å². The minimum Gasteiger partial charge on any atom is -0.355 e. The van der Waals surface area contributed by atoms with Gasteiger partial charge in [-0.25, -0.2) is 0 Å². The first-order valence-corrected chi connectivity index (χ1v) is 4.92. The minimum absolute atomic E-state index is 0.0391. The first-order valence-electron chi connectivity index (χ1n) is 4.92. The van der Waals surface area contributed by atoms with Crippen LogP contribution in [-0.2, 0) is 9.59 Å². The van der Waals surface area contributed by atoms with Crippen LogP contribution >= 0.6 is 0 Å². The molecule has 0 aliphatic carbocycles. The Morgan fingerprint density at radius 2 is 2.29 bits per heavy atom. The van der Waals surface area contributed by atoms with E-state index in [1.54, 1.807) is 4.90 Å². The van der Waals surface area contributed by atoms with Crippen molar-refractivity contribution in [2.24, 2.45) is 0 Å². The van der Waals surface area contributed by atoms with Crippen LogP contribution in [0.25, 0.3) is 0 Å². The summed E-state index contributed by atoms with van der Waals surface area (Å²) >= 11 is 0. The molecule has 1 aliphatic rings. The lowest BCUT2D eigenvalue weighted by Gasteiger charge is -2.34. The molecule has 0 spiro atoms. The SMILES string of the molecule is CCNC(=O)C1CNCCN1C(C)=O. The standard InChI is InChI=1S/C9H17N3O2/c1-3-11-9(14)8-6-10-4-5-12(8)7(2)13/h8,10H,3-6H2,1-2H3,(H,11,14). The van der Waals surface area contributed by atoms with Gasteiger partial charge in [0.2, 0.25) is 11.8 Å². The van der Waals surface area contributed by atoms with E-state index in [1.807, 2.05) is 6.92 Å². The summed E-state index contributed by atoms with van der Waals surface area (Å²) in [6, 6.07) is -0.346. The smallest absolute Gasteiger partial charge is 0.244 e. The number of likely N-dealkylation sites (N-methyl/N-ethyl adjacent to an activating group) is 1. The summed E-state index contributed by atoms with van der Waals surface area (Å²) in [6.07, 6.45) is 0. The Morgan fingerprint density at radius 1 is 1.57 bits per heavy atom. The average molecular weight is 199 g/mol. The molecule has 1 aliphatic heterocycles. The van der Waals surface area contributed by atoms with Crippen molar-refractivity contribution in [3.05, 3.63) is 0 Å². The Labute approximate surface area is 83.8 Å². The van der Waals surface area contributed by atoms with Crippen LogP contribution in [0.1, 0.15) is 13.8 Å². The molecular weight excluding hydrogens is 182 g/mol. The van der Waals surface area contributed by atoms with E-state index >= 15 is 0 Å². The lowest BCUT2D eigenvalue weighted by molar-refractivity contribution is -0.139. The minimum atomic E-state index is -0.346. The number of carbonyl (C=O) groups is 2. The second kappa shape index (κ2) is 4.95. The van der Waals surface area contributed by atoms with E-state index < -0.39 is 0 Å². The van der Waals surface area contributed by atoms with Gasteiger partial charge in [-0.15, -0.1) is 0 Å². The van der Waals surface area contributed by atoms with Gasteiger partial charge < -0.3 is 15.5 Å². The molecule has 0 saturated carbocycles. The summed E-state index contributed by atoms with van der Waals surface area (Å²) in [4.78, 5) is 24.4. The van der Waals surface area contributed by atoms with E-state index in [4.69, 9.17) is 0 Å². The molecule has 14 heavy (non-hydrogen) atoms. The molecule has 2 amide bonds. The second-order valence-corrected chi connectivity index (χ2v) is 3.33. The number of hydrogen-bond donors (Lipinski definition) is 2. The summed E-state index contributed by atoms with van der Waals surface area (Å²) in [5, 5.41) is 5.83. The highest BCUT2D eigenvalue weighted by molar-refractivity contribution is 5.87. The number of nitrogens with zero attached hydrogens (tertiary/aromatic N) is 1. The number of amides is 2. The molecule has 1 saturated heterocycles. The quantitative estimate of drug-likeness (QED) is 0.596. The Hall–Kier alpha value is -1.10. The molecule has 1 rings (SSSR count). The zero-order valence-corrected chi connectivity index (χ0v) is 8.67. The first-order chi connectivity index (χ1) is 6.66. The molecule has 0 radical (unpaired) electrons. The Bertz CT molecular complexity index is 230. The second-order valence-electron chi connectivity index (χ2n) is 3.33. The lowest BCUT2D eigenvalue weighted by atomic mass is 10.1. The topological polar surface area (TPSA) is 61.4 Å². The lowest BCUT2D eigenvalue weighted by Crippen LogP contribution is -2.59. The van der Waals surface area contributed by atoms with E-state index in [1.165, 1.54) is 6.92 Å². The molecule has 1 heterocycles. The van der Waals surface area contributed by atoms with E-state index in [2.05, 4.69) is 10.6 Å². The van der Waals surface area contributed by atoms with Crippen molar-refractivity contribution in [2.45, 2.75) is 19.9 Å². The number of piperazine rings is 1. The summed E-state index contributed by atoms with van der Waals surface area (Å²) in [5.74, 6) is -0.113. The normalized spacial score (nSPS) is 21.9. The van der Waals surface area contributed by atoms with Crippen LogP contribution in [-0.4, -0.2) is 48.9 Å². The molecule has 5 heteroatoms. The molecule has 2 N–H and O–H groups in total. The van der Waals surface area contributed by atoms with Crippen LogP contribution in [0.3, 0.4) is 0 Å². The van der Waals surface area contributed by atoms with Crippen molar-refractivity contribution in [3.8, 4) is 0 Å². The highest BCUT2D eigenvalue weighted by atomic mass is 16.2. The average Bonchev–Trinajstić information content (AvgIpc) is 2.18. The highest BCUT2D eigenvalue weighted by Crippen LogP contribution is 2.03. The molecule has 5 nitrogen and oxygen atoms in total. The third-order valence-corrected chi connectivity index (χ3v) is 2.30. The number of nitrogens with one attached hydrogen (secondary N) is 2. The van der Waals surface area contributed by atoms with Crippen molar-refractivity contribution in [1.29, 1.82) is 0 Å². The maximum Gasteiger partial charge on any atom is 0.244 e. The van der Waals surface area contributed by atoms with Crippen molar-refractivity contribution < 1.29 is 9.59 Å². The fourth-order valence-electron chi connectivity index (χ4n) is 1.61. The van der Waals surface area contributed by atoms with Crippen molar-refractivity contribution in [2.75, 3.05) is 26.2 Å². The summed E-state index contributed by atoms with van der Waals surface area (Å²) in [5.41, 5.74) is 0. The van der Waals surface area contributed by atoms with Crippen LogP contribution in [0, 0.1) is 0 Å². The molecule has 1 unspecified atom stereocenters. The van der Waals surface area contributed by atoms with E-state index in [0.717, 1.165) is 6.54 Å². The van der Waals surface area contributed by atoms with Gasteiger partial charge in [0.1, 0.15) is 6.04 Å². The molecule has 0 bridgehead atoms. The van der Waals surface area contributed by atoms with Gasteiger partial charge in [0, 0.05) is 33.1 Å². The number of carbonyl (C=O) groups excluding carboxylic acids is 2. The van der Waals surface area contributed by atoms with Gasteiger partial charge in [0.05, 0.1) is 0 Å². The van der Waals surface area contributed by atoms with E-state index in [-0.39, 0.29) is 17.9 Å². The van der Waals surface area contributed by atoms with Crippen LogP contribution in [0.4, 0.5) is 0 Å². The molecule has 0 aromatic heterocycles. The van der Waals surface area contributed by atoms with Gasteiger partial charge in [-0.1, -0.05) is 0 Å². The van der Waals surface area contributed by atoms with Gasteiger partial charge in [0.25, 0.3) is 0 Å². The maximum absolute atomic E-state index is 11.6. The van der Waals surface area contributed by atoms with E-state index in [9.17, 15) is 9.59 Å². The fraction of sp³-hybridized carbons (Fsp3) is 0.778. The third-order valence-electron chi connectivity index (χ3n) is 2.30. The largest absolute Gasteiger partial charge is 0.355 e. The van der Waals surface area contributed by atoms with Crippen LogP contribution in [0.5, 0.6) is 0 Å². The fourth-order valence-corrected chi connectivity index (χ4v) is 1.61. The van der Waals surface area contributed by atoms with Crippen LogP contribution in [0.15, 0.2) is 0 Å². The zero-order chi connectivity index (χ0) is 10.6. The van der Waals surface area contributed by atoms with Gasteiger partial charge in [-0.3, -0.25) is 9.59 Å². The molecular formula is C9H17N3O2. The number of rotatable bonds is 2. The zero-order valence-electron chi connectivity index (χ0n) is 8.67. The van der Waals surface area contributed by atoms with Crippen LogP contribution < -0.4 is 10.6 Å². The van der Waals surface area contributed by atoms with Gasteiger partial charge in [-0.05, 0) is 6.92 Å². The predicted octanol–water partition coefficient (Wildman–Crippen LogP) is -1.06. The molecule has 1 atom stereocenters.